The number of ketones is 1. The fraction of sp³-hybridized carbons (Fsp3) is 0.0455. The summed E-state index contributed by atoms with van der Waals surface area (Å²) in [5.74, 6) is -0.723. The maximum Gasteiger partial charge on any atom is 0.266 e. The van der Waals surface area contributed by atoms with Crippen LogP contribution in [0.4, 0.5) is 5.69 Å². The molecule has 0 aliphatic carbocycles. The van der Waals surface area contributed by atoms with Gasteiger partial charge in [-0.3, -0.25) is 14.4 Å². The Morgan fingerprint density at radius 2 is 1.39 bits per heavy atom. The van der Waals surface area contributed by atoms with Gasteiger partial charge in [-0.15, -0.1) is 0 Å². The molecular formula is C22H14BrNO4. The molecule has 0 saturated carbocycles. The molecule has 0 aromatic heterocycles. The summed E-state index contributed by atoms with van der Waals surface area (Å²) >= 11 is 3.33. The lowest BCUT2D eigenvalue weighted by Crippen LogP contribution is -2.30. The predicted octanol–water partition coefficient (Wildman–Crippen LogP) is 4.51. The second-order valence-corrected chi connectivity index (χ2v) is 7.09. The number of nitrogens with zero attached hydrogens (tertiary/aromatic N) is 1. The third kappa shape index (κ3) is 3.23. The molecule has 3 aromatic rings. The average Bonchev–Trinajstić information content (AvgIpc) is 2.97. The topological polar surface area (TPSA) is 63.7 Å². The van der Waals surface area contributed by atoms with E-state index in [9.17, 15) is 14.4 Å². The number of hydrogen-bond donors (Lipinski definition) is 0. The second kappa shape index (κ2) is 7.40. The van der Waals surface area contributed by atoms with Gasteiger partial charge < -0.3 is 4.74 Å². The largest absolute Gasteiger partial charge is 0.483 e. The normalized spacial score (nSPS) is 12.8. The van der Waals surface area contributed by atoms with Gasteiger partial charge in [0.15, 0.2) is 12.4 Å². The van der Waals surface area contributed by atoms with Gasteiger partial charge in [0.25, 0.3) is 11.8 Å². The van der Waals surface area contributed by atoms with Gasteiger partial charge in [-0.1, -0.05) is 52.3 Å². The quantitative estimate of drug-likeness (QED) is 0.436. The molecule has 1 heterocycles. The summed E-state index contributed by atoms with van der Waals surface area (Å²) in [7, 11) is 0. The Hall–Kier alpha value is -3.25. The molecule has 138 valence electrons. The van der Waals surface area contributed by atoms with Crippen LogP contribution in [0.25, 0.3) is 0 Å². The Bertz CT molecular complexity index is 1060. The number of carbonyl (C=O) groups is 3. The fourth-order valence-electron chi connectivity index (χ4n) is 3.03. The Kier molecular flexibility index (Phi) is 4.79. The predicted molar refractivity (Wildman–Crippen MR) is 108 cm³/mol. The molecule has 3 aromatic carbocycles. The third-order valence-corrected chi connectivity index (χ3v) is 4.95. The molecule has 0 unspecified atom stereocenters. The van der Waals surface area contributed by atoms with E-state index in [1.165, 1.54) is 0 Å². The van der Waals surface area contributed by atoms with Crippen LogP contribution in [-0.2, 0) is 0 Å². The van der Waals surface area contributed by atoms with Gasteiger partial charge in [0.2, 0.25) is 0 Å². The summed E-state index contributed by atoms with van der Waals surface area (Å²) in [6, 6.07) is 20.3. The lowest BCUT2D eigenvalue weighted by Gasteiger charge is -2.18. The van der Waals surface area contributed by atoms with Gasteiger partial charge in [0, 0.05) is 10.0 Å². The first kappa shape index (κ1) is 18.1. The minimum Gasteiger partial charge on any atom is -0.483 e. The number of amides is 2. The molecule has 2 amide bonds. The molecule has 5 nitrogen and oxygen atoms in total. The van der Waals surface area contributed by atoms with E-state index >= 15 is 0 Å². The van der Waals surface area contributed by atoms with Crippen molar-refractivity contribution in [2.24, 2.45) is 0 Å². The molecule has 0 saturated heterocycles. The molecule has 28 heavy (non-hydrogen) atoms. The lowest BCUT2D eigenvalue weighted by atomic mass is 10.1. The van der Waals surface area contributed by atoms with E-state index in [0.717, 1.165) is 9.37 Å². The van der Waals surface area contributed by atoms with Crippen molar-refractivity contribution in [1.82, 2.24) is 0 Å². The number of rotatable bonds is 5. The van der Waals surface area contributed by atoms with E-state index in [-0.39, 0.29) is 12.4 Å². The molecule has 0 N–H and O–H groups in total. The monoisotopic (exact) mass is 435 g/mol. The highest BCUT2D eigenvalue weighted by Crippen LogP contribution is 2.34. The average molecular weight is 436 g/mol. The number of imide groups is 1. The Labute approximate surface area is 169 Å². The summed E-state index contributed by atoms with van der Waals surface area (Å²) in [6.07, 6.45) is 0. The SMILES string of the molecule is O=C(COc1ccccc1N1C(=O)c2ccccc2C1=O)c1ccc(Br)cc1. The van der Waals surface area contributed by atoms with E-state index in [1.807, 2.05) is 0 Å². The molecule has 0 bridgehead atoms. The van der Waals surface area contributed by atoms with Crippen LogP contribution in [0.3, 0.4) is 0 Å². The number of para-hydroxylation sites is 2. The smallest absolute Gasteiger partial charge is 0.266 e. The van der Waals surface area contributed by atoms with E-state index in [4.69, 9.17) is 4.74 Å². The van der Waals surface area contributed by atoms with Crippen molar-refractivity contribution < 1.29 is 19.1 Å². The minimum absolute atomic E-state index is 0.204. The van der Waals surface area contributed by atoms with Crippen molar-refractivity contribution in [1.29, 1.82) is 0 Å². The van der Waals surface area contributed by atoms with Crippen molar-refractivity contribution in [3.63, 3.8) is 0 Å². The molecule has 0 atom stereocenters. The van der Waals surface area contributed by atoms with Gasteiger partial charge in [0.05, 0.1) is 16.8 Å². The highest BCUT2D eigenvalue weighted by atomic mass is 79.9. The molecule has 0 fully saturated rings. The minimum atomic E-state index is -0.407. The van der Waals surface area contributed by atoms with E-state index < -0.39 is 11.8 Å². The van der Waals surface area contributed by atoms with Crippen LogP contribution in [0.5, 0.6) is 5.75 Å². The number of Topliss-reactive ketones (excluding diaryl/α,β-unsaturated/α-hetero) is 1. The molecule has 1 aliphatic heterocycles. The second-order valence-electron chi connectivity index (χ2n) is 6.18. The van der Waals surface area contributed by atoms with Gasteiger partial charge >= 0.3 is 0 Å². The highest BCUT2D eigenvalue weighted by molar-refractivity contribution is 9.10. The summed E-state index contributed by atoms with van der Waals surface area (Å²) in [5, 5.41) is 0. The van der Waals surface area contributed by atoms with E-state index in [1.54, 1.807) is 72.8 Å². The van der Waals surface area contributed by atoms with Crippen LogP contribution in [0.2, 0.25) is 0 Å². The number of anilines is 1. The molecule has 0 spiro atoms. The van der Waals surface area contributed by atoms with E-state index in [2.05, 4.69) is 15.9 Å². The number of carbonyl (C=O) groups excluding carboxylic acids is 3. The van der Waals surface area contributed by atoms with Crippen LogP contribution >= 0.6 is 15.9 Å². The number of halogens is 1. The molecule has 0 radical (unpaired) electrons. The van der Waals surface area contributed by atoms with Crippen molar-refractivity contribution in [3.05, 3.63) is 94.0 Å². The zero-order valence-corrected chi connectivity index (χ0v) is 16.2. The molecule has 6 heteroatoms. The van der Waals surface area contributed by atoms with Gasteiger partial charge in [-0.25, -0.2) is 4.90 Å². The first-order valence-corrected chi connectivity index (χ1v) is 9.34. The zero-order chi connectivity index (χ0) is 19.7. The van der Waals surface area contributed by atoms with Crippen LogP contribution < -0.4 is 9.64 Å². The molecule has 4 rings (SSSR count). The first-order valence-electron chi connectivity index (χ1n) is 8.54. The van der Waals surface area contributed by atoms with Gasteiger partial charge in [-0.05, 0) is 36.4 Å². The van der Waals surface area contributed by atoms with Crippen LogP contribution in [-0.4, -0.2) is 24.2 Å². The Morgan fingerprint density at radius 3 is 2.04 bits per heavy atom. The van der Waals surface area contributed by atoms with Crippen LogP contribution in [0.15, 0.2) is 77.3 Å². The summed E-state index contributed by atoms with van der Waals surface area (Å²) in [6.45, 7) is -0.207. The van der Waals surface area contributed by atoms with Crippen LogP contribution in [0, 0.1) is 0 Å². The van der Waals surface area contributed by atoms with E-state index in [0.29, 0.717) is 28.1 Å². The summed E-state index contributed by atoms with van der Waals surface area (Å²) in [4.78, 5) is 38.9. The summed E-state index contributed by atoms with van der Waals surface area (Å²) in [5.41, 5.74) is 1.54. The van der Waals surface area contributed by atoms with Crippen molar-refractivity contribution in [3.8, 4) is 5.75 Å². The van der Waals surface area contributed by atoms with Gasteiger partial charge in [0.1, 0.15) is 5.75 Å². The lowest BCUT2D eigenvalue weighted by molar-refractivity contribution is 0.0922. The Balaban J connectivity index is 1.58. The number of benzene rings is 3. The number of fused-ring (bicyclic) bond motifs is 1. The van der Waals surface area contributed by atoms with Crippen molar-refractivity contribution in [2.75, 3.05) is 11.5 Å². The standard InChI is InChI=1S/C22H14BrNO4/c23-15-11-9-14(10-12-15)19(25)13-28-20-8-4-3-7-18(20)24-21(26)16-5-1-2-6-17(16)22(24)27/h1-12H,13H2. The third-order valence-electron chi connectivity index (χ3n) is 4.43. The van der Waals surface area contributed by atoms with Crippen molar-refractivity contribution >= 4 is 39.2 Å². The molecule has 1 aliphatic rings. The first-order chi connectivity index (χ1) is 13.6. The number of ether oxygens (including phenoxy) is 1. The number of hydrogen-bond acceptors (Lipinski definition) is 4. The maximum absolute atomic E-state index is 12.7. The molecular weight excluding hydrogens is 422 g/mol. The Morgan fingerprint density at radius 1 is 0.821 bits per heavy atom. The highest BCUT2D eigenvalue weighted by Gasteiger charge is 2.37. The fourth-order valence-corrected chi connectivity index (χ4v) is 3.30. The maximum atomic E-state index is 12.7. The van der Waals surface area contributed by atoms with Crippen LogP contribution in [0.1, 0.15) is 31.1 Å². The van der Waals surface area contributed by atoms with Crippen molar-refractivity contribution in [2.45, 2.75) is 0 Å². The summed E-state index contributed by atoms with van der Waals surface area (Å²) < 4.78 is 6.56. The zero-order valence-electron chi connectivity index (χ0n) is 14.6. The van der Waals surface area contributed by atoms with Gasteiger partial charge in [-0.2, -0.15) is 0 Å².